The van der Waals surface area contributed by atoms with Gasteiger partial charge in [-0.3, -0.25) is 0 Å². The molecule has 2 atom stereocenters. The molecule has 1 aromatic rings. The highest BCUT2D eigenvalue weighted by molar-refractivity contribution is 5.39. The van der Waals surface area contributed by atoms with Gasteiger partial charge >= 0.3 is 0 Å². The van der Waals surface area contributed by atoms with E-state index in [9.17, 15) is 0 Å². The summed E-state index contributed by atoms with van der Waals surface area (Å²) in [6.07, 6.45) is 3.96. The molecule has 1 heterocycles. The Bertz CT molecular complexity index is 459. The zero-order valence-corrected chi connectivity index (χ0v) is 13.0. The third-order valence-electron chi connectivity index (χ3n) is 4.82. The average Bonchev–Trinajstić information content (AvgIpc) is 3.14. The molecule has 1 aromatic carbocycles. The first-order chi connectivity index (χ1) is 9.54. The van der Waals surface area contributed by atoms with Gasteiger partial charge in [-0.05, 0) is 43.2 Å². The van der Waals surface area contributed by atoms with Crippen molar-refractivity contribution >= 4 is 0 Å². The lowest BCUT2D eigenvalue weighted by Crippen LogP contribution is -2.34. The molecule has 0 amide bonds. The molecule has 0 radical (unpaired) electrons. The van der Waals surface area contributed by atoms with Gasteiger partial charge in [0, 0.05) is 17.5 Å². The molecule has 0 spiro atoms. The maximum absolute atomic E-state index is 5.84. The van der Waals surface area contributed by atoms with Crippen molar-refractivity contribution in [3.8, 4) is 5.75 Å². The number of nitrogens with one attached hydrogen (secondary N) is 1. The SMILES string of the molecule is CC(C)(C)C(CNC1CC1)CC1COc2ccccc21. The molecule has 2 nitrogen and oxygen atoms in total. The zero-order valence-electron chi connectivity index (χ0n) is 13.0. The van der Waals surface area contributed by atoms with Gasteiger partial charge in [0.2, 0.25) is 0 Å². The number of fused-ring (bicyclic) bond motifs is 1. The fraction of sp³-hybridized carbons (Fsp3) is 0.667. The number of ether oxygens (including phenoxy) is 1. The standard InChI is InChI=1S/C18H27NO/c1-18(2,3)14(11-19-15-8-9-15)10-13-12-20-17-7-5-4-6-16(13)17/h4-7,13-15,19H,8-12H2,1-3H3. The first kappa shape index (κ1) is 13.9. The molecule has 0 aromatic heterocycles. The van der Waals surface area contributed by atoms with Crippen LogP contribution in [0.5, 0.6) is 5.75 Å². The number of hydrogen-bond acceptors (Lipinski definition) is 2. The Labute approximate surface area is 122 Å². The van der Waals surface area contributed by atoms with Crippen LogP contribution in [0.4, 0.5) is 0 Å². The Morgan fingerprint density at radius 2 is 2.00 bits per heavy atom. The minimum absolute atomic E-state index is 0.347. The van der Waals surface area contributed by atoms with Gasteiger partial charge in [-0.25, -0.2) is 0 Å². The molecular weight excluding hydrogens is 246 g/mol. The Kier molecular flexibility index (Phi) is 3.76. The van der Waals surface area contributed by atoms with Gasteiger partial charge in [-0.15, -0.1) is 0 Å². The summed E-state index contributed by atoms with van der Waals surface area (Å²) < 4.78 is 5.84. The molecule has 0 saturated heterocycles. The van der Waals surface area contributed by atoms with Crippen molar-refractivity contribution in [2.45, 2.75) is 52.0 Å². The molecule has 2 aliphatic rings. The van der Waals surface area contributed by atoms with Crippen LogP contribution in [0, 0.1) is 11.3 Å². The minimum atomic E-state index is 0.347. The molecule has 1 saturated carbocycles. The van der Waals surface area contributed by atoms with Gasteiger partial charge in [0.1, 0.15) is 5.75 Å². The number of benzene rings is 1. The number of hydrogen-bond donors (Lipinski definition) is 1. The van der Waals surface area contributed by atoms with Gasteiger partial charge in [0.05, 0.1) is 6.61 Å². The molecule has 2 unspecified atom stereocenters. The molecule has 1 aliphatic heterocycles. The van der Waals surface area contributed by atoms with Crippen molar-refractivity contribution in [3.05, 3.63) is 29.8 Å². The Morgan fingerprint density at radius 3 is 2.70 bits per heavy atom. The van der Waals surface area contributed by atoms with Crippen LogP contribution in [-0.2, 0) is 0 Å². The van der Waals surface area contributed by atoms with E-state index in [1.807, 2.05) is 0 Å². The van der Waals surface area contributed by atoms with E-state index < -0.39 is 0 Å². The van der Waals surface area contributed by atoms with Crippen LogP contribution in [0.15, 0.2) is 24.3 Å². The molecule has 2 heteroatoms. The van der Waals surface area contributed by atoms with E-state index in [1.165, 1.54) is 24.8 Å². The molecular formula is C18H27NO. The normalized spacial score (nSPS) is 23.2. The van der Waals surface area contributed by atoms with Crippen LogP contribution >= 0.6 is 0 Å². The van der Waals surface area contributed by atoms with E-state index in [-0.39, 0.29) is 0 Å². The Hall–Kier alpha value is -1.02. The van der Waals surface area contributed by atoms with Crippen molar-refractivity contribution in [2.75, 3.05) is 13.2 Å². The van der Waals surface area contributed by atoms with Crippen molar-refractivity contribution < 1.29 is 4.74 Å². The summed E-state index contributed by atoms with van der Waals surface area (Å²) in [5.74, 6) is 2.36. The van der Waals surface area contributed by atoms with E-state index in [1.54, 1.807) is 0 Å². The molecule has 0 bridgehead atoms. The van der Waals surface area contributed by atoms with E-state index in [2.05, 4.69) is 50.4 Å². The lowest BCUT2D eigenvalue weighted by atomic mass is 9.75. The summed E-state index contributed by atoms with van der Waals surface area (Å²) in [7, 11) is 0. The van der Waals surface area contributed by atoms with Crippen LogP contribution in [-0.4, -0.2) is 19.2 Å². The van der Waals surface area contributed by atoms with Gasteiger partial charge in [0.15, 0.2) is 0 Å². The van der Waals surface area contributed by atoms with E-state index in [0.717, 1.165) is 24.9 Å². The van der Waals surface area contributed by atoms with E-state index >= 15 is 0 Å². The highest BCUT2D eigenvalue weighted by Gasteiger charge is 2.33. The van der Waals surface area contributed by atoms with E-state index in [4.69, 9.17) is 4.74 Å². The molecule has 20 heavy (non-hydrogen) atoms. The predicted molar refractivity (Wildman–Crippen MR) is 83.3 cm³/mol. The fourth-order valence-electron chi connectivity index (χ4n) is 3.11. The Morgan fingerprint density at radius 1 is 1.25 bits per heavy atom. The summed E-state index contributed by atoms with van der Waals surface area (Å²) in [5, 5.41) is 3.72. The van der Waals surface area contributed by atoms with Crippen molar-refractivity contribution in [1.82, 2.24) is 5.32 Å². The first-order valence-electron chi connectivity index (χ1n) is 7.99. The quantitative estimate of drug-likeness (QED) is 0.876. The lowest BCUT2D eigenvalue weighted by Gasteiger charge is -2.33. The maximum atomic E-state index is 5.84. The van der Waals surface area contributed by atoms with Crippen molar-refractivity contribution in [3.63, 3.8) is 0 Å². The van der Waals surface area contributed by atoms with Gasteiger partial charge in [0.25, 0.3) is 0 Å². The predicted octanol–water partition coefficient (Wildman–Crippen LogP) is 3.97. The van der Waals surface area contributed by atoms with E-state index in [0.29, 0.717) is 17.3 Å². The average molecular weight is 273 g/mol. The minimum Gasteiger partial charge on any atom is -0.493 e. The second kappa shape index (κ2) is 5.40. The maximum Gasteiger partial charge on any atom is 0.122 e. The second-order valence-electron chi connectivity index (χ2n) is 7.53. The molecule has 1 fully saturated rings. The first-order valence-corrected chi connectivity index (χ1v) is 7.99. The van der Waals surface area contributed by atoms with Crippen LogP contribution in [0.25, 0.3) is 0 Å². The fourth-order valence-corrected chi connectivity index (χ4v) is 3.11. The number of para-hydroxylation sites is 1. The lowest BCUT2D eigenvalue weighted by molar-refractivity contribution is 0.195. The summed E-state index contributed by atoms with van der Waals surface area (Å²) in [4.78, 5) is 0. The highest BCUT2D eigenvalue weighted by atomic mass is 16.5. The van der Waals surface area contributed by atoms with Crippen LogP contribution in [0.2, 0.25) is 0 Å². The summed E-state index contributed by atoms with van der Waals surface area (Å²) in [6, 6.07) is 9.34. The topological polar surface area (TPSA) is 21.3 Å². The van der Waals surface area contributed by atoms with Crippen molar-refractivity contribution in [1.29, 1.82) is 0 Å². The zero-order chi connectivity index (χ0) is 14.2. The molecule has 3 rings (SSSR count). The molecule has 1 aliphatic carbocycles. The second-order valence-corrected chi connectivity index (χ2v) is 7.53. The molecule has 110 valence electrons. The monoisotopic (exact) mass is 273 g/mol. The van der Waals surface area contributed by atoms with Gasteiger partial charge in [-0.2, -0.15) is 0 Å². The van der Waals surface area contributed by atoms with Crippen molar-refractivity contribution in [2.24, 2.45) is 11.3 Å². The largest absolute Gasteiger partial charge is 0.493 e. The van der Waals surface area contributed by atoms with Crippen LogP contribution in [0.3, 0.4) is 0 Å². The smallest absolute Gasteiger partial charge is 0.122 e. The van der Waals surface area contributed by atoms with Gasteiger partial charge < -0.3 is 10.1 Å². The molecule has 1 N–H and O–H groups in total. The van der Waals surface area contributed by atoms with Crippen LogP contribution < -0.4 is 10.1 Å². The summed E-state index contributed by atoms with van der Waals surface area (Å²) in [6.45, 7) is 9.11. The third kappa shape index (κ3) is 3.17. The van der Waals surface area contributed by atoms with Crippen LogP contribution in [0.1, 0.15) is 51.5 Å². The highest BCUT2D eigenvalue weighted by Crippen LogP contribution is 2.41. The summed E-state index contributed by atoms with van der Waals surface area (Å²) >= 11 is 0. The van der Waals surface area contributed by atoms with Gasteiger partial charge in [-0.1, -0.05) is 39.0 Å². The Balaban J connectivity index is 1.66. The third-order valence-corrected chi connectivity index (χ3v) is 4.82. The number of rotatable bonds is 5. The summed E-state index contributed by atoms with van der Waals surface area (Å²) in [5.41, 5.74) is 1.76.